The quantitative estimate of drug-likeness (QED) is 0.471. The van der Waals surface area contributed by atoms with Crippen molar-refractivity contribution in [2.75, 3.05) is 7.11 Å². The van der Waals surface area contributed by atoms with E-state index in [-0.39, 0.29) is 17.1 Å². The fourth-order valence-electron chi connectivity index (χ4n) is 2.16. The Labute approximate surface area is 150 Å². The molecule has 2 rings (SSSR count). The number of benzene rings is 2. The van der Waals surface area contributed by atoms with Crippen molar-refractivity contribution in [1.82, 2.24) is 0 Å². The highest BCUT2D eigenvalue weighted by molar-refractivity contribution is 7.98. The number of thioether (sulfide) groups is 1. The lowest BCUT2D eigenvalue weighted by atomic mass is 10.1. The number of ether oxygens (including phenoxy) is 1. The van der Waals surface area contributed by atoms with Crippen LogP contribution >= 0.6 is 11.8 Å². The molecule has 3 N–H and O–H groups in total. The van der Waals surface area contributed by atoms with E-state index in [1.54, 1.807) is 30.0 Å². The second-order valence-corrected chi connectivity index (χ2v) is 6.42. The lowest BCUT2D eigenvalue weighted by Crippen LogP contribution is -2.12. The van der Waals surface area contributed by atoms with Gasteiger partial charge < -0.3 is 15.6 Å². The molecule has 2 aromatic carbocycles. The zero-order valence-corrected chi connectivity index (χ0v) is 14.8. The molecule has 0 radical (unpaired) electrons. The molecule has 25 heavy (non-hydrogen) atoms. The van der Waals surface area contributed by atoms with Gasteiger partial charge >= 0.3 is 0 Å². The summed E-state index contributed by atoms with van der Waals surface area (Å²) in [6, 6.07) is 13.1. The Morgan fingerprint density at radius 2 is 2.04 bits per heavy atom. The minimum absolute atomic E-state index is 0.0387. The molecule has 0 aliphatic carbocycles. The monoisotopic (exact) mass is 354 g/mol. The standard InChI is InChI=1S/C19H18N2O3S/c1-12-3-5-16(6-4-12)25-11-15-8-13(7-14(10-20)19(21)23)9-17(24-2)18(15)22/h3-9,22H,11H2,1-2H3,(H2,21,23)/b14-7-. The highest BCUT2D eigenvalue weighted by Gasteiger charge is 2.12. The van der Waals surface area contributed by atoms with E-state index in [0.29, 0.717) is 16.9 Å². The van der Waals surface area contributed by atoms with Crippen LogP contribution < -0.4 is 10.5 Å². The van der Waals surface area contributed by atoms with Crippen molar-refractivity contribution in [3.8, 4) is 17.6 Å². The SMILES string of the molecule is COc1cc(/C=C(/C#N)C(N)=O)cc(CSc2ccc(C)cc2)c1O. The lowest BCUT2D eigenvalue weighted by molar-refractivity contribution is -0.114. The number of amides is 1. The highest BCUT2D eigenvalue weighted by Crippen LogP contribution is 2.36. The summed E-state index contributed by atoms with van der Waals surface area (Å²) in [6.07, 6.45) is 1.38. The molecule has 0 aliphatic heterocycles. The molecule has 1 amide bonds. The molecule has 0 spiro atoms. The van der Waals surface area contributed by atoms with Crippen LogP contribution in [0.5, 0.6) is 11.5 Å². The minimum atomic E-state index is -0.801. The number of carbonyl (C=O) groups excluding carboxylic acids is 1. The van der Waals surface area contributed by atoms with Crippen LogP contribution in [0.4, 0.5) is 0 Å². The van der Waals surface area contributed by atoms with E-state index in [4.69, 9.17) is 15.7 Å². The molecular formula is C19H18N2O3S. The normalized spacial score (nSPS) is 11.0. The van der Waals surface area contributed by atoms with Crippen molar-refractivity contribution in [2.24, 2.45) is 5.73 Å². The number of methoxy groups -OCH3 is 1. The van der Waals surface area contributed by atoms with E-state index in [2.05, 4.69) is 0 Å². The molecule has 5 nitrogen and oxygen atoms in total. The summed E-state index contributed by atoms with van der Waals surface area (Å²) in [7, 11) is 1.44. The molecule has 0 fully saturated rings. The molecule has 2 aromatic rings. The van der Waals surface area contributed by atoms with Crippen molar-refractivity contribution < 1.29 is 14.6 Å². The van der Waals surface area contributed by atoms with Crippen LogP contribution in [-0.2, 0) is 10.5 Å². The third-order valence-corrected chi connectivity index (χ3v) is 4.57. The van der Waals surface area contributed by atoms with Gasteiger partial charge in [-0.25, -0.2) is 0 Å². The maximum Gasteiger partial charge on any atom is 0.259 e. The van der Waals surface area contributed by atoms with E-state index in [1.165, 1.54) is 18.7 Å². The third kappa shape index (κ3) is 4.78. The van der Waals surface area contributed by atoms with Gasteiger partial charge in [0.15, 0.2) is 11.5 Å². The molecule has 0 saturated carbocycles. The van der Waals surface area contributed by atoms with Gasteiger partial charge in [-0.05, 0) is 42.8 Å². The van der Waals surface area contributed by atoms with Crippen LogP contribution in [0.3, 0.4) is 0 Å². The smallest absolute Gasteiger partial charge is 0.259 e. The van der Waals surface area contributed by atoms with Crippen LogP contribution in [0.2, 0.25) is 0 Å². The average molecular weight is 354 g/mol. The van der Waals surface area contributed by atoms with Crippen LogP contribution in [0.25, 0.3) is 6.08 Å². The molecule has 0 aliphatic rings. The number of carbonyl (C=O) groups is 1. The number of phenolic OH excluding ortho intramolecular Hbond substituents is 1. The Bertz CT molecular complexity index is 852. The molecule has 0 bridgehead atoms. The molecule has 0 saturated heterocycles. The summed E-state index contributed by atoms with van der Waals surface area (Å²) in [5.41, 5.74) is 7.38. The largest absolute Gasteiger partial charge is 0.504 e. The summed E-state index contributed by atoms with van der Waals surface area (Å²) < 4.78 is 5.18. The molecule has 0 aromatic heterocycles. The number of hydrogen-bond acceptors (Lipinski definition) is 5. The Morgan fingerprint density at radius 1 is 1.36 bits per heavy atom. The zero-order valence-electron chi connectivity index (χ0n) is 13.9. The second kappa shape index (κ2) is 8.27. The average Bonchev–Trinajstić information content (AvgIpc) is 2.60. The summed E-state index contributed by atoms with van der Waals surface area (Å²) >= 11 is 1.56. The van der Waals surface area contributed by atoms with Gasteiger partial charge in [0, 0.05) is 16.2 Å². The minimum Gasteiger partial charge on any atom is -0.504 e. The number of phenols is 1. The van der Waals surface area contributed by atoms with Gasteiger partial charge in [0.25, 0.3) is 5.91 Å². The van der Waals surface area contributed by atoms with Crippen molar-refractivity contribution in [3.63, 3.8) is 0 Å². The Kier molecular flexibility index (Phi) is 6.09. The third-order valence-electron chi connectivity index (χ3n) is 3.51. The topological polar surface area (TPSA) is 96.3 Å². The van der Waals surface area contributed by atoms with Crippen LogP contribution in [0.15, 0.2) is 46.9 Å². The zero-order chi connectivity index (χ0) is 18.4. The first-order valence-corrected chi connectivity index (χ1v) is 8.44. The van der Waals surface area contributed by atoms with E-state index >= 15 is 0 Å². The van der Waals surface area contributed by atoms with Gasteiger partial charge in [0.1, 0.15) is 11.6 Å². The molecule has 6 heteroatoms. The maximum atomic E-state index is 11.2. The van der Waals surface area contributed by atoms with E-state index in [1.807, 2.05) is 31.2 Å². The highest BCUT2D eigenvalue weighted by atomic mass is 32.2. The predicted octanol–water partition coefficient (Wildman–Crippen LogP) is 3.39. The van der Waals surface area contributed by atoms with E-state index in [0.717, 1.165) is 4.90 Å². The molecule has 0 unspecified atom stereocenters. The predicted molar refractivity (Wildman–Crippen MR) is 98.2 cm³/mol. The molecule has 128 valence electrons. The lowest BCUT2D eigenvalue weighted by Gasteiger charge is -2.11. The molecule has 0 heterocycles. The Balaban J connectivity index is 2.33. The van der Waals surface area contributed by atoms with Gasteiger partial charge in [-0.1, -0.05) is 17.7 Å². The maximum absolute atomic E-state index is 11.2. The van der Waals surface area contributed by atoms with Crippen molar-refractivity contribution >= 4 is 23.7 Å². The number of nitriles is 1. The summed E-state index contributed by atoms with van der Waals surface area (Å²) in [6.45, 7) is 2.02. The van der Waals surface area contributed by atoms with Crippen molar-refractivity contribution in [1.29, 1.82) is 5.26 Å². The van der Waals surface area contributed by atoms with Crippen LogP contribution in [0, 0.1) is 18.3 Å². The van der Waals surface area contributed by atoms with Gasteiger partial charge in [0.05, 0.1) is 7.11 Å². The molecule has 0 atom stereocenters. The first-order valence-electron chi connectivity index (χ1n) is 7.45. The second-order valence-electron chi connectivity index (χ2n) is 5.37. The molecular weight excluding hydrogens is 336 g/mol. The van der Waals surface area contributed by atoms with Crippen molar-refractivity contribution in [3.05, 3.63) is 58.7 Å². The Morgan fingerprint density at radius 3 is 2.60 bits per heavy atom. The van der Waals surface area contributed by atoms with Gasteiger partial charge in [-0.2, -0.15) is 5.26 Å². The van der Waals surface area contributed by atoms with Gasteiger partial charge in [-0.3, -0.25) is 4.79 Å². The first kappa shape index (κ1) is 18.4. The number of nitrogens with two attached hydrogens (primary N) is 1. The van der Waals surface area contributed by atoms with E-state index < -0.39 is 5.91 Å². The first-order chi connectivity index (χ1) is 11.9. The van der Waals surface area contributed by atoms with E-state index in [9.17, 15) is 9.90 Å². The van der Waals surface area contributed by atoms with Gasteiger partial charge in [0.2, 0.25) is 0 Å². The number of primary amides is 1. The summed E-state index contributed by atoms with van der Waals surface area (Å²) in [4.78, 5) is 12.3. The number of nitrogens with zero attached hydrogens (tertiary/aromatic N) is 1. The van der Waals surface area contributed by atoms with Gasteiger partial charge in [-0.15, -0.1) is 11.8 Å². The van der Waals surface area contributed by atoms with Crippen molar-refractivity contribution in [2.45, 2.75) is 17.6 Å². The Hall–Kier alpha value is -2.91. The van der Waals surface area contributed by atoms with Crippen LogP contribution in [0.1, 0.15) is 16.7 Å². The number of hydrogen-bond donors (Lipinski definition) is 2. The fraction of sp³-hybridized carbons (Fsp3) is 0.158. The fourth-order valence-corrected chi connectivity index (χ4v) is 3.03. The number of aromatic hydroxyl groups is 1. The van der Waals surface area contributed by atoms with Crippen LogP contribution in [-0.4, -0.2) is 18.1 Å². The summed E-state index contributed by atoms with van der Waals surface area (Å²) in [5, 5.41) is 19.3. The summed E-state index contributed by atoms with van der Waals surface area (Å²) in [5.74, 6) is 0.0164. The number of aryl methyl sites for hydroxylation is 1. The number of rotatable bonds is 6.